The highest BCUT2D eigenvalue weighted by Crippen LogP contribution is 2.20. The zero-order valence-corrected chi connectivity index (χ0v) is 17.0. The van der Waals surface area contributed by atoms with E-state index in [1.807, 2.05) is 36.4 Å². The number of para-hydroxylation sites is 1. The lowest BCUT2D eigenvalue weighted by Crippen LogP contribution is -2.13. The summed E-state index contributed by atoms with van der Waals surface area (Å²) in [4.78, 5) is 29.3. The van der Waals surface area contributed by atoms with E-state index in [9.17, 15) is 9.59 Å². The van der Waals surface area contributed by atoms with Crippen molar-refractivity contribution in [2.75, 3.05) is 23.8 Å². The molecule has 0 aliphatic carbocycles. The summed E-state index contributed by atoms with van der Waals surface area (Å²) in [6.45, 7) is 1.27. The first-order valence-corrected chi connectivity index (χ1v) is 10.1. The lowest BCUT2D eigenvalue weighted by atomic mass is 10.1. The van der Waals surface area contributed by atoms with Crippen LogP contribution in [0.25, 0.3) is 11.0 Å². The van der Waals surface area contributed by atoms with Gasteiger partial charge in [0.05, 0.1) is 6.54 Å². The first-order valence-electron chi connectivity index (χ1n) is 10.1. The minimum absolute atomic E-state index is 0.227. The third-order valence-electron chi connectivity index (χ3n) is 5.03. The van der Waals surface area contributed by atoms with Crippen molar-refractivity contribution < 1.29 is 18.7 Å². The molecule has 7 nitrogen and oxygen atoms in total. The Balaban J connectivity index is 1.22. The van der Waals surface area contributed by atoms with Crippen molar-refractivity contribution in [3.05, 3.63) is 95.7 Å². The van der Waals surface area contributed by atoms with Gasteiger partial charge in [-0.15, -0.1) is 0 Å². The lowest BCUT2D eigenvalue weighted by Gasteiger charge is -2.08. The Hall–Kier alpha value is -4.39. The topological polar surface area (TPSA) is 92.9 Å². The number of nitrogens with one attached hydrogen (secondary N) is 2. The largest absolute Gasteiger partial charge is 0.476 e. The number of ether oxygens (including phenoxy) is 1. The molecule has 0 atom stereocenters. The van der Waals surface area contributed by atoms with Crippen molar-refractivity contribution in [1.29, 1.82) is 0 Å². The minimum atomic E-state index is -0.352. The highest BCUT2D eigenvalue weighted by Gasteiger charge is 2.14. The van der Waals surface area contributed by atoms with Gasteiger partial charge in [0.2, 0.25) is 5.90 Å². The third-order valence-corrected chi connectivity index (χ3v) is 5.03. The van der Waals surface area contributed by atoms with E-state index in [4.69, 9.17) is 9.15 Å². The van der Waals surface area contributed by atoms with Crippen LogP contribution in [0.1, 0.15) is 26.5 Å². The van der Waals surface area contributed by atoms with Gasteiger partial charge in [-0.1, -0.05) is 18.2 Å². The molecule has 32 heavy (non-hydrogen) atoms. The maximum absolute atomic E-state index is 12.5. The van der Waals surface area contributed by atoms with Gasteiger partial charge in [0, 0.05) is 27.9 Å². The summed E-state index contributed by atoms with van der Waals surface area (Å²) < 4.78 is 11.0. The van der Waals surface area contributed by atoms with E-state index in [1.165, 1.54) is 0 Å². The van der Waals surface area contributed by atoms with Gasteiger partial charge in [-0.25, -0.2) is 4.99 Å². The molecule has 1 aliphatic heterocycles. The molecular formula is C25H19N3O4. The van der Waals surface area contributed by atoms with Crippen LogP contribution in [0, 0.1) is 0 Å². The third kappa shape index (κ3) is 4.09. The summed E-state index contributed by atoms with van der Waals surface area (Å²) >= 11 is 0. The molecular weight excluding hydrogens is 406 g/mol. The predicted octanol–water partition coefficient (Wildman–Crippen LogP) is 4.71. The Morgan fingerprint density at radius 3 is 2.19 bits per heavy atom. The van der Waals surface area contributed by atoms with Gasteiger partial charge in [0.25, 0.3) is 11.8 Å². The van der Waals surface area contributed by atoms with Crippen LogP contribution in [0.2, 0.25) is 0 Å². The van der Waals surface area contributed by atoms with Crippen molar-refractivity contribution in [3.8, 4) is 0 Å². The van der Waals surface area contributed by atoms with Crippen LogP contribution in [0.5, 0.6) is 0 Å². The van der Waals surface area contributed by atoms with Crippen molar-refractivity contribution in [3.63, 3.8) is 0 Å². The van der Waals surface area contributed by atoms with Crippen LogP contribution in [0.15, 0.2) is 88.3 Å². The van der Waals surface area contributed by atoms with Gasteiger partial charge in [-0.2, -0.15) is 0 Å². The number of hydrogen-bond donors (Lipinski definition) is 2. The van der Waals surface area contributed by atoms with Gasteiger partial charge in [-0.05, 0) is 60.7 Å². The molecule has 7 heteroatoms. The summed E-state index contributed by atoms with van der Waals surface area (Å²) in [6.07, 6.45) is 0. The van der Waals surface area contributed by atoms with Crippen LogP contribution in [-0.4, -0.2) is 30.9 Å². The molecule has 0 radical (unpaired) electrons. The molecule has 2 N–H and O–H groups in total. The monoisotopic (exact) mass is 425 g/mol. The zero-order chi connectivity index (χ0) is 21.9. The molecule has 0 saturated heterocycles. The van der Waals surface area contributed by atoms with Crippen molar-refractivity contribution >= 4 is 40.1 Å². The number of hydrogen-bond acceptors (Lipinski definition) is 5. The van der Waals surface area contributed by atoms with E-state index in [-0.39, 0.29) is 17.6 Å². The fourth-order valence-electron chi connectivity index (χ4n) is 3.40. The number of amides is 2. The molecule has 0 fully saturated rings. The molecule has 0 saturated carbocycles. The first kappa shape index (κ1) is 19.6. The van der Waals surface area contributed by atoms with Crippen molar-refractivity contribution in [2.24, 2.45) is 4.99 Å². The normalized spacial score (nSPS) is 12.8. The average molecular weight is 425 g/mol. The second-order valence-corrected chi connectivity index (χ2v) is 7.25. The SMILES string of the molecule is O=C(Nc1ccc(C2=NCCO2)cc1)c1ccc(NC(=O)c2cc3ccccc3o2)cc1. The number of nitrogens with zero attached hydrogens (tertiary/aromatic N) is 1. The van der Waals surface area contributed by atoms with E-state index in [2.05, 4.69) is 15.6 Å². The van der Waals surface area contributed by atoms with E-state index >= 15 is 0 Å². The highest BCUT2D eigenvalue weighted by molar-refractivity contribution is 6.06. The van der Waals surface area contributed by atoms with Crippen LogP contribution in [-0.2, 0) is 4.74 Å². The Morgan fingerprint density at radius 2 is 1.50 bits per heavy atom. The zero-order valence-electron chi connectivity index (χ0n) is 17.0. The van der Waals surface area contributed by atoms with E-state index in [0.717, 1.165) is 10.9 Å². The Kier molecular flexibility index (Phi) is 5.13. The van der Waals surface area contributed by atoms with Gasteiger partial charge in [0.1, 0.15) is 12.2 Å². The maximum atomic E-state index is 12.5. The summed E-state index contributed by atoms with van der Waals surface area (Å²) in [5.41, 5.74) is 3.24. The smallest absolute Gasteiger partial charge is 0.291 e. The molecule has 0 bridgehead atoms. The fourth-order valence-corrected chi connectivity index (χ4v) is 3.40. The molecule has 5 rings (SSSR count). The van der Waals surface area contributed by atoms with Gasteiger partial charge in [-0.3, -0.25) is 9.59 Å². The lowest BCUT2D eigenvalue weighted by molar-refractivity contribution is 0.0997. The van der Waals surface area contributed by atoms with Gasteiger partial charge >= 0.3 is 0 Å². The molecule has 0 unspecified atom stereocenters. The number of furan rings is 1. The van der Waals surface area contributed by atoms with Crippen molar-refractivity contribution in [2.45, 2.75) is 0 Å². The standard InChI is InChI=1S/C25H19N3O4/c29-23(27-19-11-7-17(8-12-19)25-26-13-14-31-25)16-5-9-20(10-6-16)28-24(30)22-15-18-3-1-2-4-21(18)32-22/h1-12,15H,13-14H2,(H,27,29)(H,28,30). The quantitative estimate of drug-likeness (QED) is 0.484. The van der Waals surface area contributed by atoms with Crippen LogP contribution in [0.4, 0.5) is 11.4 Å². The van der Waals surface area contributed by atoms with Crippen LogP contribution < -0.4 is 10.6 Å². The second-order valence-electron chi connectivity index (χ2n) is 7.25. The second kappa shape index (κ2) is 8.39. The Bertz CT molecular complexity index is 1290. The summed E-state index contributed by atoms with van der Waals surface area (Å²) in [5, 5.41) is 6.50. The average Bonchev–Trinajstić information content (AvgIpc) is 3.50. The van der Waals surface area contributed by atoms with Gasteiger partial charge in [0.15, 0.2) is 5.76 Å². The molecule has 2 heterocycles. The molecule has 0 spiro atoms. The molecule has 1 aromatic heterocycles. The van der Waals surface area contributed by atoms with Crippen LogP contribution in [0.3, 0.4) is 0 Å². The summed E-state index contributed by atoms with van der Waals surface area (Å²) in [6, 6.07) is 23.1. The molecule has 4 aromatic rings. The highest BCUT2D eigenvalue weighted by atomic mass is 16.5. The van der Waals surface area contributed by atoms with E-state index in [0.29, 0.717) is 41.6 Å². The number of anilines is 2. The molecule has 3 aromatic carbocycles. The summed E-state index contributed by atoms with van der Waals surface area (Å²) in [5.74, 6) is 0.255. The fraction of sp³-hybridized carbons (Fsp3) is 0.0800. The first-order chi connectivity index (χ1) is 15.7. The number of rotatable bonds is 5. The maximum Gasteiger partial charge on any atom is 0.291 e. The van der Waals surface area contributed by atoms with Gasteiger partial charge < -0.3 is 19.8 Å². The predicted molar refractivity (Wildman–Crippen MR) is 122 cm³/mol. The van der Waals surface area contributed by atoms with E-state index < -0.39 is 0 Å². The Morgan fingerprint density at radius 1 is 0.812 bits per heavy atom. The Labute approximate surface area is 183 Å². The van der Waals surface area contributed by atoms with E-state index in [1.54, 1.807) is 42.5 Å². The minimum Gasteiger partial charge on any atom is -0.476 e. The number of benzene rings is 3. The molecule has 158 valence electrons. The number of carbonyl (C=O) groups is 2. The number of fused-ring (bicyclic) bond motifs is 1. The number of carbonyl (C=O) groups excluding carboxylic acids is 2. The van der Waals surface area contributed by atoms with Crippen molar-refractivity contribution in [1.82, 2.24) is 0 Å². The number of aliphatic imine (C=N–C) groups is 1. The molecule has 2 amide bonds. The summed E-state index contributed by atoms with van der Waals surface area (Å²) in [7, 11) is 0. The molecule has 1 aliphatic rings. The van der Waals surface area contributed by atoms with Crippen LogP contribution >= 0.6 is 0 Å².